The van der Waals surface area contributed by atoms with Crippen LogP contribution in [0.5, 0.6) is 0 Å². The summed E-state index contributed by atoms with van der Waals surface area (Å²) < 4.78 is 12.3. The fraction of sp³-hybridized carbons (Fsp3) is 1.00. The van der Waals surface area contributed by atoms with Gasteiger partial charge >= 0.3 is 0 Å². The lowest BCUT2D eigenvalue weighted by Crippen LogP contribution is -2.32. The smallest absolute Gasteiger partial charge is 0.130 e. The minimum absolute atomic E-state index is 0.279. The Morgan fingerprint density at radius 1 is 1.50 bits per heavy atom. The lowest BCUT2D eigenvalue weighted by molar-refractivity contribution is 0.290. The zero-order valence-electron chi connectivity index (χ0n) is 4.55. The maximum atomic E-state index is 12.3. The number of hydrogen-bond acceptors (Lipinski definition) is 3. The van der Waals surface area contributed by atoms with Gasteiger partial charge in [-0.25, -0.2) is 9.40 Å². The third kappa shape index (κ3) is 0.964. The van der Waals surface area contributed by atoms with Crippen LogP contribution in [0.15, 0.2) is 0 Å². The summed E-state index contributed by atoms with van der Waals surface area (Å²) in [5.74, 6) is 5.23. The van der Waals surface area contributed by atoms with E-state index in [0.717, 1.165) is 0 Å². The van der Waals surface area contributed by atoms with E-state index < -0.39 is 6.17 Å². The van der Waals surface area contributed by atoms with Crippen LogP contribution < -0.4 is 11.6 Å². The third-order valence-electron chi connectivity index (χ3n) is 1.32. The van der Waals surface area contributed by atoms with Crippen molar-refractivity contribution in [2.24, 2.45) is 11.6 Å². The second-order valence-electron chi connectivity index (χ2n) is 2.13. The topological polar surface area (TPSA) is 55.3 Å². The lowest BCUT2D eigenvalue weighted by Gasteiger charge is -2.02. The standard InChI is InChI=1S/C4H10FN3/c5-3-1-8(7)2-4(3)6/h3-4H,1-2,6-7H2/t3-,4-/m1/s1. The van der Waals surface area contributed by atoms with Crippen molar-refractivity contribution in [1.82, 2.24) is 5.01 Å². The molecule has 4 heteroatoms. The molecule has 1 aliphatic heterocycles. The van der Waals surface area contributed by atoms with Gasteiger partial charge in [0.15, 0.2) is 0 Å². The minimum atomic E-state index is -0.931. The van der Waals surface area contributed by atoms with Gasteiger partial charge in [0.1, 0.15) is 6.17 Å². The predicted octanol–water partition coefficient (Wildman–Crippen LogP) is -1.16. The van der Waals surface area contributed by atoms with Crippen LogP contribution in [0.4, 0.5) is 4.39 Å². The molecule has 1 fully saturated rings. The monoisotopic (exact) mass is 119 g/mol. The van der Waals surface area contributed by atoms with Crippen LogP contribution in [0.1, 0.15) is 0 Å². The van der Waals surface area contributed by atoms with Gasteiger partial charge in [-0.3, -0.25) is 5.84 Å². The van der Waals surface area contributed by atoms with E-state index in [0.29, 0.717) is 6.54 Å². The Hall–Kier alpha value is -0.190. The van der Waals surface area contributed by atoms with Gasteiger partial charge in [0.05, 0.1) is 6.04 Å². The molecule has 0 saturated carbocycles. The summed E-state index contributed by atoms with van der Waals surface area (Å²) in [4.78, 5) is 0. The molecule has 3 nitrogen and oxygen atoms in total. The van der Waals surface area contributed by atoms with Crippen molar-refractivity contribution in [2.75, 3.05) is 13.1 Å². The first kappa shape index (κ1) is 5.94. The van der Waals surface area contributed by atoms with E-state index in [1.807, 2.05) is 0 Å². The summed E-state index contributed by atoms with van der Waals surface area (Å²) in [6, 6.07) is -0.375. The number of rotatable bonds is 0. The van der Waals surface area contributed by atoms with Crippen LogP contribution in [0, 0.1) is 0 Å². The van der Waals surface area contributed by atoms with Crippen molar-refractivity contribution < 1.29 is 4.39 Å². The quantitative estimate of drug-likeness (QED) is 0.395. The van der Waals surface area contributed by atoms with Crippen LogP contribution >= 0.6 is 0 Å². The zero-order valence-corrected chi connectivity index (χ0v) is 4.55. The number of nitrogens with two attached hydrogens (primary N) is 2. The maximum Gasteiger partial charge on any atom is 0.130 e. The number of halogens is 1. The number of hydrazine groups is 1. The summed E-state index contributed by atoms with van der Waals surface area (Å²) in [6.07, 6.45) is -0.931. The van der Waals surface area contributed by atoms with Crippen LogP contribution in [0.25, 0.3) is 0 Å². The molecule has 0 unspecified atom stereocenters. The Bertz CT molecular complexity index is 77.4. The normalized spacial score (nSPS) is 40.9. The largest absolute Gasteiger partial charge is 0.324 e. The van der Waals surface area contributed by atoms with Gasteiger partial charge in [-0.1, -0.05) is 0 Å². The predicted molar refractivity (Wildman–Crippen MR) is 28.6 cm³/mol. The van der Waals surface area contributed by atoms with E-state index >= 15 is 0 Å². The average molecular weight is 119 g/mol. The van der Waals surface area contributed by atoms with E-state index in [1.165, 1.54) is 5.01 Å². The Balaban J connectivity index is 2.39. The summed E-state index contributed by atoms with van der Waals surface area (Å²) >= 11 is 0. The maximum absolute atomic E-state index is 12.3. The van der Waals surface area contributed by atoms with Gasteiger partial charge in [0, 0.05) is 13.1 Å². The van der Waals surface area contributed by atoms with E-state index in [2.05, 4.69) is 0 Å². The van der Waals surface area contributed by atoms with Crippen molar-refractivity contribution >= 4 is 0 Å². The molecule has 0 spiro atoms. The summed E-state index contributed by atoms with van der Waals surface area (Å²) in [7, 11) is 0. The van der Waals surface area contributed by atoms with E-state index in [-0.39, 0.29) is 12.6 Å². The Kier molecular flexibility index (Phi) is 1.46. The third-order valence-corrected chi connectivity index (χ3v) is 1.32. The first-order valence-electron chi connectivity index (χ1n) is 2.59. The number of hydrogen-bond donors (Lipinski definition) is 2. The summed E-state index contributed by atoms with van der Waals surface area (Å²) in [5.41, 5.74) is 5.27. The molecule has 48 valence electrons. The molecule has 0 aromatic heterocycles. The number of alkyl halides is 1. The van der Waals surface area contributed by atoms with Gasteiger partial charge in [-0.2, -0.15) is 0 Å². The van der Waals surface area contributed by atoms with Gasteiger partial charge in [-0.15, -0.1) is 0 Å². The second kappa shape index (κ2) is 1.97. The molecular weight excluding hydrogens is 109 g/mol. The van der Waals surface area contributed by atoms with Crippen molar-refractivity contribution in [3.8, 4) is 0 Å². The van der Waals surface area contributed by atoms with E-state index in [4.69, 9.17) is 11.6 Å². The molecule has 0 bridgehead atoms. The first-order valence-corrected chi connectivity index (χ1v) is 2.59. The molecule has 0 aromatic carbocycles. The Morgan fingerprint density at radius 2 is 2.12 bits per heavy atom. The van der Waals surface area contributed by atoms with Gasteiger partial charge in [0.2, 0.25) is 0 Å². The van der Waals surface area contributed by atoms with Crippen molar-refractivity contribution in [2.45, 2.75) is 12.2 Å². The van der Waals surface area contributed by atoms with Crippen LogP contribution in [0.2, 0.25) is 0 Å². The van der Waals surface area contributed by atoms with Gasteiger partial charge in [-0.05, 0) is 0 Å². The van der Waals surface area contributed by atoms with E-state index in [9.17, 15) is 4.39 Å². The molecule has 0 radical (unpaired) electrons. The van der Waals surface area contributed by atoms with Gasteiger partial charge in [0.25, 0.3) is 0 Å². The molecule has 1 saturated heterocycles. The van der Waals surface area contributed by atoms with Crippen LogP contribution in [-0.4, -0.2) is 30.3 Å². The fourth-order valence-corrected chi connectivity index (χ4v) is 0.819. The summed E-state index contributed by atoms with van der Waals surface area (Å²) in [6.45, 7) is 0.752. The van der Waals surface area contributed by atoms with Crippen LogP contribution in [0.3, 0.4) is 0 Å². The molecule has 0 aliphatic carbocycles. The summed E-state index contributed by atoms with van der Waals surface area (Å²) in [5, 5.41) is 1.40. The number of nitrogens with zero attached hydrogens (tertiary/aromatic N) is 1. The molecule has 1 aliphatic rings. The zero-order chi connectivity index (χ0) is 6.15. The molecule has 1 rings (SSSR count). The van der Waals surface area contributed by atoms with Crippen molar-refractivity contribution in [3.05, 3.63) is 0 Å². The highest BCUT2D eigenvalue weighted by atomic mass is 19.1. The molecule has 8 heavy (non-hydrogen) atoms. The second-order valence-corrected chi connectivity index (χ2v) is 2.13. The van der Waals surface area contributed by atoms with Crippen molar-refractivity contribution in [3.63, 3.8) is 0 Å². The Morgan fingerprint density at radius 3 is 2.25 bits per heavy atom. The van der Waals surface area contributed by atoms with Gasteiger partial charge < -0.3 is 5.73 Å². The van der Waals surface area contributed by atoms with Crippen LogP contribution in [-0.2, 0) is 0 Å². The highest BCUT2D eigenvalue weighted by molar-refractivity contribution is 4.83. The molecule has 0 amide bonds. The average Bonchev–Trinajstić information content (AvgIpc) is 1.85. The first-order chi connectivity index (χ1) is 3.70. The highest BCUT2D eigenvalue weighted by Crippen LogP contribution is 2.06. The molecule has 4 N–H and O–H groups in total. The highest BCUT2D eigenvalue weighted by Gasteiger charge is 2.27. The SMILES string of the molecule is N[C@@H]1CN(N)C[C@H]1F. The molecule has 1 heterocycles. The fourth-order valence-electron chi connectivity index (χ4n) is 0.819. The van der Waals surface area contributed by atoms with Crippen molar-refractivity contribution in [1.29, 1.82) is 0 Å². The molecule has 2 atom stereocenters. The minimum Gasteiger partial charge on any atom is -0.324 e. The molecular formula is C4H10FN3. The lowest BCUT2D eigenvalue weighted by atomic mass is 10.3. The molecule has 0 aromatic rings. The Labute approximate surface area is 47.4 Å². The van der Waals surface area contributed by atoms with E-state index in [1.54, 1.807) is 0 Å².